The molecule has 1 saturated heterocycles. The number of nitrogens with one attached hydrogen (secondary N) is 1. The van der Waals surface area contributed by atoms with Gasteiger partial charge in [0.1, 0.15) is 24.4 Å². The maximum atomic E-state index is 13.0. The molecule has 0 radical (unpaired) electrons. The number of ether oxygens (including phenoxy) is 3. The highest BCUT2D eigenvalue weighted by Gasteiger charge is 2.44. The van der Waals surface area contributed by atoms with Crippen molar-refractivity contribution in [3.63, 3.8) is 0 Å². The third-order valence-corrected chi connectivity index (χ3v) is 14.7. The minimum Gasteiger partial charge on any atom is -0.466 e. The van der Waals surface area contributed by atoms with Gasteiger partial charge in [-0.15, -0.1) is 0 Å². The van der Waals surface area contributed by atoms with Crippen molar-refractivity contribution in [3.05, 3.63) is 12.2 Å². The first kappa shape index (κ1) is 67.4. The van der Waals surface area contributed by atoms with E-state index in [1.807, 2.05) is 6.08 Å². The van der Waals surface area contributed by atoms with Gasteiger partial charge in [0.2, 0.25) is 5.91 Å². The van der Waals surface area contributed by atoms with E-state index >= 15 is 0 Å². The minimum atomic E-state index is -1.57. The van der Waals surface area contributed by atoms with Gasteiger partial charge in [-0.2, -0.15) is 0 Å². The van der Waals surface area contributed by atoms with E-state index in [2.05, 4.69) is 19.2 Å². The number of rotatable bonds is 53. The summed E-state index contributed by atoms with van der Waals surface area (Å²) in [5, 5.41) is 54.2. The Morgan fingerprint density at radius 2 is 0.887 bits per heavy atom. The van der Waals surface area contributed by atoms with Crippen molar-refractivity contribution in [3.8, 4) is 0 Å². The van der Waals surface area contributed by atoms with Crippen LogP contribution in [0, 0.1) is 0 Å². The Kier molecular flexibility index (Phi) is 48.0. The Balaban J connectivity index is 1.99. The quantitative estimate of drug-likeness (QED) is 0.0195. The molecule has 0 spiro atoms. The average Bonchev–Trinajstić information content (AvgIpc) is 3.37. The molecule has 7 atom stereocenters. The monoisotopic (exact) mass is 1010 g/mol. The van der Waals surface area contributed by atoms with Crippen molar-refractivity contribution in [2.45, 2.75) is 339 Å². The van der Waals surface area contributed by atoms with Crippen LogP contribution in [0.3, 0.4) is 0 Å². The van der Waals surface area contributed by atoms with Crippen molar-refractivity contribution in [1.82, 2.24) is 5.32 Å². The predicted octanol–water partition coefficient (Wildman–Crippen LogP) is 14.0. The highest BCUT2D eigenvalue weighted by atomic mass is 16.7. The van der Waals surface area contributed by atoms with E-state index < -0.39 is 49.5 Å². The van der Waals surface area contributed by atoms with Crippen LogP contribution in [-0.2, 0) is 23.8 Å². The molecule has 0 bridgehead atoms. The van der Waals surface area contributed by atoms with Crippen molar-refractivity contribution in [1.29, 1.82) is 0 Å². The Hall–Kier alpha value is -1.60. The topological polar surface area (TPSA) is 175 Å². The molecule has 0 aromatic carbocycles. The SMILES string of the molecule is CCCCCCCCC/C=C/C(O)C(COC1OC(CO)C(O)C(O)C1O)NC(=O)CCCCCCCCCCCCCCCCCCCCCCCCCOC(=O)CCCCCCCCCCCCC. The average molecular weight is 1010 g/mol. The third kappa shape index (κ3) is 40.4. The Labute approximate surface area is 436 Å². The summed E-state index contributed by atoms with van der Waals surface area (Å²) in [6, 6.07) is -0.807. The van der Waals surface area contributed by atoms with Crippen LogP contribution in [0.4, 0.5) is 0 Å². The van der Waals surface area contributed by atoms with Gasteiger partial charge in [-0.1, -0.05) is 264 Å². The van der Waals surface area contributed by atoms with Crippen LogP contribution in [0.2, 0.25) is 0 Å². The molecule has 0 aromatic rings. The number of allylic oxidation sites excluding steroid dienone is 1. The van der Waals surface area contributed by atoms with Crippen molar-refractivity contribution >= 4 is 11.9 Å². The molecule has 11 nitrogen and oxygen atoms in total. The summed E-state index contributed by atoms with van der Waals surface area (Å²) in [5.74, 6) is -0.179. The van der Waals surface area contributed by atoms with Crippen LogP contribution in [0.5, 0.6) is 0 Å². The molecular weight excluding hydrogens is 895 g/mol. The lowest BCUT2D eigenvalue weighted by Gasteiger charge is -2.40. The number of esters is 1. The summed E-state index contributed by atoms with van der Waals surface area (Å²) in [5.41, 5.74) is 0. The lowest BCUT2D eigenvalue weighted by Crippen LogP contribution is -2.60. The van der Waals surface area contributed by atoms with Crippen molar-refractivity contribution in [2.24, 2.45) is 0 Å². The molecule has 71 heavy (non-hydrogen) atoms. The zero-order valence-corrected chi connectivity index (χ0v) is 46.2. The standard InChI is InChI=1S/C60H115NO10/c1-3-5-7-9-11-13-27-32-36-40-44-48-56(65)69-49-45-41-37-33-29-26-24-22-20-18-16-14-15-17-19-21-23-25-28-31-35-39-43-47-55(64)61-52(53(63)46-42-38-34-30-12-10-8-6-4-2)51-70-60-59(68)58(67)57(66)54(50-62)71-60/h42,46,52-54,57-60,62-63,66-68H,3-41,43-45,47-51H2,1-2H3,(H,61,64)/b46-42+. The summed E-state index contributed by atoms with van der Waals surface area (Å²) in [7, 11) is 0. The number of unbranched alkanes of at least 4 members (excludes halogenated alkanes) is 39. The second-order valence-electron chi connectivity index (χ2n) is 21.4. The van der Waals surface area contributed by atoms with Gasteiger partial charge in [0.05, 0.1) is 32.0 Å². The fourth-order valence-corrected chi connectivity index (χ4v) is 9.79. The number of hydrogen-bond donors (Lipinski definition) is 6. The molecule has 11 heteroatoms. The normalized spacial score (nSPS) is 19.1. The Morgan fingerprint density at radius 3 is 1.31 bits per heavy atom. The third-order valence-electron chi connectivity index (χ3n) is 14.7. The minimum absolute atomic E-state index is 0.00261. The van der Waals surface area contributed by atoms with Crippen molar-refractivity contribution < 1.29 is 49.3 Å². The molecule has 420 valence electrons. The molecular formula is C60H115NO10. The molecule has 0 aliphatic carbocycles. The second-order valence-corrected chi connectivity index (χ2v) is 21.4. The van der Waals surface area contributed by atoms with Crippen LogP contribution >= 0.6 is 0 Å². The van der Waals surface area contributed by atoms with E-state index in [0.717, 1.165) is 57.8 Å². The molecule has 1 aliphatic rings. The van der Waals surface area contributed by atoms with Gasteiger partial charge in [-0.05, 0) is 32.1 Å². The first-order valence-corrected chi connectivity index (χ1v) is 30.5. The summed E-state index contributed by atoms with van der Waals surface area (Å²) in [6.45, 7) is 4.33. The maximum absolute atomic E-state index is 13.0. The van der Waals surface area contributed by atoms with Gasteiger partial charge in [0.15, 0.2) is 6.29 Å². The first-order valence-electron chi connectivity index (χ1n) is 30.5. The summed E-state index contributed by atoms with van der Waals surface area (Å²) >= 11 is 0. The molecule has 1 heterocycles. The summed E-state index contributed by atoms with van der Waals surface area (Å²) < 4.78 is 16.7. The van der Waals surface area contributed by atoms with Gasteiger partial charge in [0.25, 0.3) is 0 Å². The number of aliphatic hydroxyl groups is 5. The molecule has 1 aliphatic heterocycles. The van der Waals surface area contributed by atoms with Crippen LogP contribution in [0.1, 0.15) is 296 Å². The number of carbonyl (C=O) groups excluding carboxylic acids is 2. The molecule has 1 rings (SSSR count). The zero-order chi connectivity index (χ0) is 51.7. The Bertz CT molecular complexity index is 1190. The largest absolute Gasteiger partial charge is 0.466 e. The van der Waals surface area contributed by atoms with E-state index in [9.17, 15) is 35.1 Å². The van der Waals surface area contributed by atoms with E-state index in [1.165, 1.54) is 212 Å². The fraction of sp³-hybridized carbons (Fsp3) is 0.933. The number of hydrogen-bond acceptors (Lipinski definition) is 10. The van der Waals surface area contributed by atoms with E-state index in [1.54, 1.807) is 6.08 Å². The van der Waals surface area contributed by atoms with E-state index in [4.69, 9.17) is 14.2 Å². The van der Waals surface area contributed by atoms with Gasteiger partial charge >= 0.3 is 5.97 Å². The molecule has 1 fully saturated rings. The number of amides is 1. The molecule has 1 amide bonds. The lowest BCUT2D eigenvalue weighted by atomic mass is 9.99. The predicted molar refractivity (Wildman–Crippen MR) is 292 cm³/mol. The first-order chi connectivity index (χ1) is 34.7. The molecule has 0 aromatic heterocycles. The summed E-state index contributed by atoms with van der Waals surface area (Å²) in [4.78, 5) is 25.0. The summed E-state index contributed by atoms with van der Waals surface area (Å²) in [6.07, 6.45) is 49.0. The van der Waals surface area contributed by atoms with Crippen LogP contribution < -0.4 is 5.32 Å². The highest BCUT2D eigenvalue weighted by molar-refractivity contribution is 5.76. The fourth-order valence-electron chi connectivity index (χ4n) is 9.79. The van der Waals surface area contributed by atoms with E-state index in [0.29, 0.717) is 19.4 Å². The molecule has 6 N–H and O–H groups in total. The number of aliphatic hydroxyl groups excluding tert-OH is 5. The van der Waals surface area contributed by atoms with Gasteiger partial charge < -0.3 is 45.1 Å². The van der Waals surface area contributed by atoms with Crippen molar-refractivity contribution in [2.75, 3.05) is 19.8 Å². The van der Waals surface area contributed by atoms with Crippen LogP contribution in [0.15, 0.2) is 12.2 Å². The van der Waals surface area contributed by atoms with Gasteiger partial charge in [0, 0.05) is 12.8 Å². The smallest absolute Gasteiger partial charge is 0.305 e. The molecule has 7 unspecified atom stereocenters. The van der Waals surface area contributed by atoms with Gasteiger partial charge in [-0.3, -0.25) is 9.59 Å². The second kappa shape index (κ2) is 50.6. The van der Waals surface area contributed by atoms with Crippen LogP contribution in [0.25, 0.3) is 0 Å². The van der Waals surface area contributed by atoms with Gasteiger partial charge in [-0.25, -0.2) is 0 Å². The maximum Gasteiger partial charge on any atom is 0.305 e. The van der Waals surface area contributed by atoms with Crippen LogP contribution in [-0.4, -0.2) is 100 Å². The lowest BCUT2D eigenvalue weighted by molar-refractivity contribution is -0.302. The highest BCUT2D eigenvalue weighted by Crippen LogP contribution is 2.23. The number of carbonyl (C=O) groups is 2. The zero-order valence-electron chi connectivity index (χ0n) is 46.2. The van der Waals surface area contributed by atoms with E-state index in [-0.39, 0.29) is 18.5 Å². The Morgan fingerprint density at radius 1 is 0.507 bits per heavy atom. The molecule has 0 saturated carbocycles.